The van der Waals surface area contributed by atoms with E-state index in [1.165, 1.54) is 0 Å². The number of rotatable bonds is 8. The summed E-state index contributed by atoms with van der Waals surface area (Å²) in [5.41, 5.74) is -0.760. The highest BCUT2D eigenvalue weighted by molar-refractivity contribution is 5.78. The van der Waals surface area contributed by atoms with Crippen molar-refractivity contribution in [2.75, 3.05) is 6.54 Å². The highest BCUT2D eigenvalue weighted by atomic mass is 16.4. The van der Waals surface area contributed by atoms with E-state index in [0.717, 1.165) is 12.8 Å². The van der Waals surface area contributed by atoms with Crippen LogP contribution in [0.25, 0.3) is 0 Å². The third-order valence-electron chi connectivity index (χ3n) is 2.55. The van der Waals surface area contributed by atoms with Gasteiger partial charge < -0.3 is 5.11 Å². The van der Waals surface area contributed by atoms with Crippen molar-refractivity contribution in [2.24, 2.45) is 0 Å². The van der Waals surface area contributed by atoms with Crippen molar-refractivity contribution in [3.05, 3.63) is 12.7 Å². The minimum absolute atomic E-state index is 0.545. The fraction of sp³-hybridized carbons (Fsp3) is 0.727. The Morgan fingerprint density at radius 1 is 1.57 bits per heavy atom. The van der Waals surface area contributed by atoms with Gasteiger partial charge in [0.1, 0.15) is 5.54 Å². The summed E-state index contributed by atoms with van der Waals surface area (Å²) in [4.78, 5) is 11.2. The van der Waals surface area contributed by atoms with Crippen molar-refractivity contribution >= 4 is 5.97 Å². The predicted molar refractivity (Wildman–Crippen MR) is 58.4 cm³/mol. The van der Waals surface area contributed by atoms with E-state index in [0.29, 0.717) is 19.4 Å². The first-order chi connectivity index (χ1) is 6.63. The second kappa shape index (κ2) is 6.60. The number of carboxylic acids is 1. The lowest BCUT2D eigenvalue weighted by Crippen LogP contribution is -2.51. The van der Waals surface area contributed by atoms with Crippen LogP contribution in [0.3, 0.4) is 0 Å². The highest BCUT2D eigenvalue weighted by Crippen LogP contribution is 2.18. The van der Waals surface area contributed by atoms with Crippen molar-refractivity contribution in [1.29, 1.82) is 0 Å². The lowest BCUT2D eigenvalue weighted by molar-refractivity contribution is -0.145. The third-order valence-corrected chi connectivity index (χ3v) is 2.55. The monoisotopic (exact) mass is 199 g/mol. The fourth-order valence-corrected chi connectivity index (χ4v) is 1.47. The Labute approximate surface area is 86.2 Å². The largest absolute Gasteiger partial charge is 0.480 e. The zero-order valence-electron chi connectivity index (χ0n) is 9.18. The van der Waals surface area contributed by atoms with Crippen LogP contribution in [0.1, 0.15) is 39.5 Å². The van der Waals surface area contributed by atoms with Gasteiger partial charge in [0, 0.05) is 6.54 Å². The molecule has 82 valence electrons. The van der Waals surface area contributed by atoms with Gasteiger partial charge in [0.2, 0.25) is 0 Å². The molecule has 0 aliphatic rings. The molecular formula is C11H21NO2. The summed E-state index contributed by atoms with van der Waals surface area (Å²) in [6.07, 6.45) is 4.94. The quantitative estimate of drug-likeness (QED) is 0.589. The molecule has 0 bridgehead atoms. The Morgan fingerprint density at radius 2 is 2.21 bits per heavy atom. The number of hydrogen-bond acceptors (Lipinski definition) is 2. The van der Waals surface area contributed by atoms with E-state index < -0.39 is 11.5 Å². The highest BCUT2D eigenvalue weighted by Gasteiger charge is 2.34. The molecular weight excluding hydrogens is 178 g/mol. The lowest BCUT2D eigenvalue weighted by Gasteiger charge is -2.29. The Kier molecular flexibility index (Phi) is 6.21. The molecule has 0 saturated carbocycles. The number of aliphatic carboxylic acids is 1. The van der Waals surface area contributed by atoms with Crippen molar-refractivity contribution in [3.8, 4) is 0 Å². The first-order valence-corrected chi connectivity index (χ1v) is 5.22. The smallest absolute Gasteiger partial charge is 0.323 e. The summed E-state index contributed by atoms with van der Waals surface area (Å²) < 4.78 is 0. The van der Waals surface area contributed by atoms with Crippen LogP contribution in [0.15, 0.2) is 12.7 Å². The van der Waals surface area contributed by atoms with E-state index in [9.17, 15) is 9.90 Å². The zero-order valence-corrected chi connectivity index (χ0v) is 9.18. The average molecular weight is 199 g/mol. The normalized spacial score (nSPS) is 14.7. The first kappa shape index (κ1) is 13.2. The van der Waals surface area contributed by atoms with Crippen LogP contribution < -0.4 is 5.32 Å². The number of unbranched alkanes of at least 4 members (excludes halogenated alkanes) is 1. The van der Waals surface area contributed by atoms with Gasteiger partial charge in [-0.2, -0.15) is 0 Å². The van der Waals surface area contributed by atoms with Crippen LogP contribution in [0.4, 0.5) is 0 Å². The number of hydrogen-bond donors (Lipinski definition) is 2. The minimum Gasteiger partial charge on any atom is -0.480 e. The standard InChI is InChI=1S/C11H21NO2/c1-4-7-8-11(6-3,10(13)14)12-9-5-2/h5,12H,2,4,6-9H2,1,3H3,(H,13,14). The van der Waals surface area contributed by atoms with Crippen molar-refractivity contribution in [2.45, 2.75) is 45.1 Å². The number of carbonyl (C=O) groups is 1. The molecule has 0 amide bonds. The summed E-state index contributed by atoms with van der Waals surface area (Å²) in [6.45, 7) is 8.10. The van der Waals surface area contributed by atoms with Crippen molar-refractivity contribution in [1.82, 2.24) is 5.32 Å². The second-order valence-corrected chi connectivity index (χ2v) is 3.51. The summed E-state index contributed by atoms with van der Waals surface area (Å²) in [5.74, 6) is -0.754. The van der Waals surface area contributed by atoms with E-state index in [2.05, 4.69) is 18.8 Å². The summed E-state index contributed by atoms with van der Waals surface area (Å²) in [5, 5.41) is 12.2. The van der Waals surface area contributed by atoms with Crippen molar-refractivity contribution in [3.63, 3.8) is 0 Å². The molecule has 0 aliphatic heterocycles. The van der Waals surface area contributed by atoms with Gasteiger partial charge in [0.05, 0.1) is 0 Å². The molecule has 3 nitrogen and oxygen atoms in total. The molecule has 0 radical (unpaired) electrons. The van der Waals surface area contributed by atoms with Gasteiger partial charge in [0.15, 0.2) is 0 Å². The van der Waals surface area contributed by atoms with E-state index in [1.807, 2.05) is 6.92 Å². The molecule has 0 aromatic rings. The van der Waals surface area contributed by atoms with Gasteiger partial charge in [-0.15, -0.1) is 6.58 Å². The van der Waals surface area contributed by atoms with Gasteiger partial charge in [-0.05, 0) is 12.8 Å². The molecule has 1 unspecified atom stereocenters. The topological polar surface area (TPSA) is 49.3 Å². The van der Waals surface area contributed by atoms with Crippen molar-refractivity contribution < 1.29 is 9.90 Å². The van der Waals surface area contributed by atoms with Crippen LogP contribution in [-0.2, 0) is 4.79 Å². The maximum absolute atomic E-state index is 11.2. The van der Waals surface area contributed by atoms with Gasteiger partial charge in [-0.1, -0.05) is 32.8 Å². The third kappa shape index (κ3) is 3.50. The average Bonchev–Trinajstić information content (AvgIpc) is 2.18. The van der Waals surface area contributed by atoms with Gasteiger partial charge in [-0.25, -0.2) is 0 Å². The molecule has 0 aromatic heterocycles. The van der Waals surface area contributed by atoms with Crippen LogP contribution in [0, 0.1) is 0 Å². The Hall–Kier alpha value is -0.830. The minimum atomic E-state index is -0.760. The molecule has 1 atom stereocenters. The molecule has 0 rings (SSSR count). The Morgan fingerprint density at radius 3 is 2.57 bits per heavy atom. The van der Waals surface area contributed by atoms with Crippen LogP contribution in [0.2, 0.25) is 0 Å². The van der Waals surface area contributed by atoms with E-state index >= 15 is 0 Å². The number of nitrogens with one attached hydrogen (secondary N) is 1. The summed E-state index contributed by atoms with van der Waals surface area (Å²) >= 11 is 0. The van der Waals surface area contributed by atoms with E-state index in [1.54, 1.807) is 6.08 Å². The van der Waals surface area contributed by atoms with Gasteiger partial charge >= 0.3 is 5.97 Å². The molecule has 0 heterocycles. The molecule has 0 saturated heterocycles. The number of carboxylic acid groups (broad SMARTS) is 1. The first-order valence-electron chi connectivity index (χ1n) is 5.22. The van der Waals surface area contributed by atoms with E-state index in [4.69, 9.17) is 0 Å². The summed E-state index contributed by atoms with van der Waals surface area (Å²) in [6, 6.07) is 0. The molecule has 2 N–H and O–H groups in total. The van der Waals surface area contributed by atoms with Crippen LogP contribution in [-0.4, -0.2) is 23.2 Å². The lowest BCUT2D eigenvalue weighted by atomic mass is 9.90. The predicted octanol–water partition coefficient (Wildman–Crippen LogP) is 2.19. The SMILES string of the molecule is C=CCNC(CC)(CCCC)C(=O)O. The maximum Gasteiger partial charge on any atom is 0.323 e. The van der Waals surface area contributed by atoms with E-state index in [-0.39, 0.29) is 0 Å². The second-order valence-electron chi connectivity index (χ2n) is 3.51. The molecule has 3 heteroatoms. The maximum atomic E-state index is 11.2. The molecule has 0 spiro atoms. The molecule has 0 aromatic carbocycles. The molecule has 0 aliphatic carbocycles. The van der Waals surface area contributed by atoms with Gasteiger partial charge in [0.25, 0.3) is 0 Å². The Bertz CT molecular complexity index is 192. The van der Waals surface area contributed by atoms with Crippen LogP contribution >= 0.6 is 0 Å². The van der Waals surface area contributed by atoms with Gasteiger partial charge in [-0.3, -0.25) is 10.1 Å². The summed E-state index contributed by atoms with van der Waals surface area (Å²) in [7, 11) is 0. The van der Waals surface area contributed by atoms with Crippen LogP contribution in [0.5, 0.6) is 0 Å². The Balaban J connectivity index is 4.42. The molecule has 0 fully saturated rings. The molecule has 14 heavy (non-hydrogen) atoms. The zero-order chi connectivity index (χ0) is 11.0. The fourth-order valence-electron chi connectivity index (χ4n) is 1.47.